The van der Waals surface area contributed by atoms with Gasteiger partial charge in [-0.15, -0.1) is 0 Å². The number of hydrogen-bond donors (Lipinski definition) is 1. The fourth-order valence-corrected chi connectivity index (χ4v) is 2.50. The second kappa shape index (κ2) is 4.59. The van der Waals surface area contributed by atoms with E-state index in [-0.39, 0.29) is 0 Å². The molecule has 1 saturated heterocycles. The van der Waals surface area contributed by atoms with Gasteiger partial charge in [0.2, 0.25) is 5.95 Å². The summed E-state index contributed by atoms with van der Waals surface area (Å²) in [7, 11) is 0. The zero-order valence-corrected chi connectivity index (χ0v) is 8.56. The fraction of sp³-hybridized carbons (Fsp3) is 0.556. The molecule has 0 aromatic carbocycles. The lowest BCUT2D eigenvalue weighted by molar-refractivity contribution is 0.611. The van der Waals surface area contributed by atoms with E-state index in [0.29, 0.717) is 12.0 Å². The highest BCUT2D eigenvalue weighted by atomic mass is 32.2. The van der Waals surface area contributed by atoms with E-state index in [1.165, 1.54) is 24.6 Å². The minimum Gasteiger partial charge on any atom is -0.351 e. The molecule has 1 atom stereocenters. The summed E-state index contributed by atoms with van der Waals surface area (Å²) in [5.41, 5.74) is 0. The number of aromatic nitrogens is 2. The van der Waals surface area contributed by atoms with Gasteiger partial charge < -0.3 is 5.32 Å². The van der Waals surface area contributed by atoms with Crippen molar-refractivity contribution in [3.05, 3.63) is 18.2 Å². The van der Waals surface area contributed by atoms with E-state index in [4.69, 9.17) is 0 Å². The summed E-state index contributed by atoms with van der Waals surface area (Å²) in [6, 6.07) is 0.430. The molecule has 1 N–H and O–H groups in total. The Balaban J connectivity index is 1.92. The van der Waals surface area contributed by atoms with E-state index in [0.717, 1.165) is 12.2 Å². The van der Waals surface area contributed by atoms with Crippen LogP contribution in [0.15, 0.2) is 12.4 Å². The Labute approximate surface area is 86.5 Å². The largest absolute Gasteiger partial charge is 0.351 e. The fourth-order valence-electron chi connectivity index (χ4n) is 1.42. The van der Waals surface area contributed by atoms with Gasteiger partial charge in [0.1, 0.15) is 0 Å². The third kappa shape index (κ3) is 2.57. The molecule has 76 valence electrons. The molecular formula is C9H12FN3S. The van der Waals surface area contributed by atoms with E-state index in [1.54, 1.807) is 0 Å². The SMILES string of the molecule is Fc1cnc(N[C@H]2CCCSC2)nc1. The first kappa shape index (κ1) is 9.71. The molecule has 0 bridgehead atoms. The van der Waals surface area contributed by atoms with Crippen molar-refractivity contribution in [1.82, 2.24) is 9.97 Å². The molecule has 0 amide bonds. The van der Waals surface area contributed by atoms with Gasteiger partial charge in [-0.1, -0.05) is 0 Å². The minimum absolute atomic E-state index is 0.395. The highest BCUT2D eigenvalue weighted by molar-refractivity contribution is 7.99. The van der Waals surface area contributed by atoms with Crippen molar-refractivity contribution in [2.45, 2.75) is 18.9 Å². The Kier molecular flexibility index (Phi) is 3.18. The summed E-state index contributed by atoms with van der Waals surface area (Å²) in [4.78, 5) is 7.73. The molecule has 2 rings (SSSR count). The Morgan fingerprint density at radius 2 is 2.21 bits per heavy atom. The molecule has 5 heteroatoms. The maximum atomic E-state index is 12.5. The van der Waals surface area contributed by atoms with Gasteiger partial charge in [-0.25, -0.2) is 14.4 Å². The molecule has 1 fully saturated rings. The Bertz CT molecular complexity index is 285. The van der Waals surface area contributed by atoms with Crippen molar-refractivity contribution >= 4 is 17.7 Å². The lowest BCUT2D eigenvalue weighted by atomic mass is 10.2. The zero-order chi connectivity index (χ0) is 9.80. The van der Waals surface area contributed by atoms with Crippen LogP contribution < -0.4 is 5.32 Å². The summed E-state index contributed by atoms with van der Waals surface area (Å²) >= 11 is 1.93. The predicted octanol–water partition coefficient (Wildman–Crippen LogP) is 1.92. The van der Waals surface area contributed by atoms with Gasteiger partial charge in [0.15, 0.2) is 5.82 Å². The molecule has 0 spiro atoms. The number of halogens is 1. The van der Waals surface area contributed by atoms with Crippen LogP contribution in [-0.2, 0) is 0 Å². The van der Waals surface area contributed by atoms with Crippen molar-refractivity contribution < 1.29 is 4.39 Å². The average Bonchev–Trinajstić information content (AvgIpc) is 2.23. The summed E-state index contributed by atoms with van der Waals surface area (Å²) in [5, 5.41) is 3.20. The van der Waals surface area contributed by atoms with Gasteiger partial charge >= 0.3 is 0 Å². The van der Waals surface area contributed by atoms with Crippen molar-refractivity contribution in [2.75, 3.05) is 16.8 Å². The predicted molar refractivity (Wildman–Crippen MR) is 56.0 cm³/mol. The lowest BCUT2D eigenvalue weighted by Gasteiger charge is -2.22. The normalized spacial score (nSPS) is 21.9. The quantitative estimate of drug-likeness (QED) is 0.814. The molecule has 2 heterocycles. The molecule has 14 heavy (non-hydrogen) atoms. The molecular weight excluding hydrogens is 201 g/mol. The topological polar surface area (TPSA) is 37.8 Å². The zero-order valence-electron chi connectivity index (χ0n) is 7.74. The van der Waals surface area contributed by atoms with Gasteiger partial charge in [0, 0.05) is 11.8 Å². The monoisotopic (exact) mass is 213 g/mol. The van der Waals surface area contributed by atoms with Crippen LogP contribution in [0.4, 0.5) is 10.3 Å². The van der Waals surface area contributed by atoms with Crippen LogP contribution in [-0.4, -0.2) is 27.5 Å². The molecule has 1 aliphatic rings. The number of nitrogens with zero attached hydrogens (tertiary/aromatic N) is 2. The number of nitrogens with one attached hydrogen (secondary N) is 1. The first-order valence-corrected chi connectivity index (χ1v) is 5.82. The Hall–Kier alpha value is -0.840. The highest BCUT2D eigenvalue weighted by Gasteiger charge is 2.13. The third-order valence-electron chi connectivity index (χ3n) is 2.11. The van der Waals surface area contributed by atoms with Gasteiger partial charge in [-0.3, -0.25) is 0 Å². The number of anilines is 1. The number of thioether (sulfide) groups is 1. The van der Waals surface area contributed by atoms with E-state index in [9.17, 15) is 4.39 Å². The Morgan fingerprint density at radius 3 is 2.86 bits per heavy atom. The molecule has 1 aromatic rings. The van der Waals surface area contributed by atoms with Crippen LogP contribution in [0.5, 0.6) is 0 Å². The van der Waals surface area contributed by atoms with Crippen LogP contribution in [0.1, 0.15) is 12.8 Å². The van der Waals surface area contributed by atoms with Gasteiger partial charge in [-0.05, 0) is 18.6 Å². The van der Waals surface area contributed by atoms with Crippen LogP contribution >= 0.6 is 11.8 Å². The standard InChI is InChI=1S/C9H12FN3S/c10-7-4-11-9(12-5-7)13-8-2-1-3-14-6-8/h4-5,8H,1-3,6H2,(H,11,12,13)/t8-/m0/s1. The molecule has 0 aliphatic carbocycles. The van der Waals surface area contributed by atoms with Gasteiger partial charge in [0.05, 0.1) is 12.4 Å². The maximum absolute atomic E-state index is 12.5. The summed E-state index contributed by atoms with van der Waals surface area (Å²) in [5.74, 6) is 2.45. The van der Waals surface area contributed by atoms with Crippen LogP contribution in [0.3, 0.4) is 0 Å². The summed E-state index contributed by atoms with van der Waals surface area (Å²) in [6.07, 6.45) is 4.74. The van der Waals surface area contributed by atoms with E-state index >= 15 is 0 Å². The van der Waals surface area contributed by atoms with Crippen molar-refractivity contribution in [3.63, 3.8) is 0 Å². The first-order valence-electron chi connectivity index (χ1n) is 4.66. The first-order chi connectivity index (χ1) is 6.84. The molecule has 1 aliphatic heterocycles. The average molecular weight is 213 g/mol. The second-order valence-corrected chi connectivity index (χ2v) is 4.43. The summed E-state index contributed by atoms with van der Waals surface area (Å²) in [6.45, 7) is 0. The molecule has 0 radical (unpaired) electrons. The van der Waals surface area contributed by atoms with E-state index in [1.807, 2.05) is 11.8 Å². The third-order valence-corrected chi connectivity index (χ3v) is 3.33. The molecule has 0 unspecified atom stereocenters. The maximum Gasteiger partial charge on any atom is 0.223 e. The molecule has 1 aromatic heterocycles. The second-order valence-electron chi connectivity index (χ2n) is 3.28. The number of rotatable bonds is 2. The number of hydrogen-bond acceptors (Lipinski definition) is 4. The van der Waals surface area contributed by atoms with Crippen LogP contribution in [0.2, 0.25) is 0 Å². The smallest absolute Gasteiger partial charge is 0.223 e. The molecule has 3 nitrogen and oxygen atoms in total. The lowest BCUT2D eigenvalue weighted by Crippen LogP contribution is -2.26. The Morgan fingerprint density at radius 1 is 1.43 bits per heavy atom. The van der Waals surface area contributed by atoms with Crippen LogP contribution in [0.25, 0.3) is 0 Å². The van der Waals surface area contributed by atoms with Gasteiger partial charge in [-0.2, -0.15) is 11.8 Å². The highest BCUT2D eigenvalue weighted by Crippen LogP contribution is 2.19. The van der Waals surface area contributed by atoms with Crippen molar-refractivity contribution in [3.8, 4) is 0 Å². The minimum atomic E-state index is -0.395. The van der Waals surface area contributed by atoms with E-state index < -0.39 is 5.82 Å². The summed E-state index contributed by atoms with van der Waals surface area (Å²) < 4.78 is 12.5. The van der Waals surface area contributed by atoms with Gasteiger partial charge in [0.25, 0.3) is 0 Å². The van der Waals surface area contributed by atoms with E-state index in [2.05, 4.69) is 15.3 Å². The van der Waals surface area contributed by atoms with Crippen LogP contribution in [0, 0.1) is 5.82 Å². The molecule has 0 saturated carbocycles. The van der Waals surface area contributed by atoms with Crippen molar-refractivity contribution in [2.24, 2.45) is 0 Å². The van der Waals surface area contributed by atoms with Crippen molar-refractivity contribution in [1.29, 1.82) is 0 Å².